The van der Waals surface area contributed by atoms with Gasteiger partial charge < -0.3 is 14.0 Å². The van der Waals surface area contributed by atoms with Crippen molar-refractivity contribution in [3.05, 3.63) is 140 Å². The van der Waals surface area contributed by atoms with E-state index in [-0.39, 0.29) is 12.7 Å². The molecule has 4 atom stereocenters. The van der Waals surface area contributed by atoms with Gasteiger partial charge in [0, 0.05) is 18.2 Å². The van der Waals surface area contributed by atoms with E-state index in [0.29, 0.717) is 12.0 Å². The van der Waals surface area contributed by atoms with E-state index < -0.39 is 37.5 Å². The van der Waals surface area contributed by atoms with Crippen LogP contribution in [0.5, 0.6) is 0 Å². The summed E-state index contributed by atoms with van der Waals surface area (Å²) >= 11 is 0. The average molecular weight is 574 g/mol. The molecule has 1 N–H and O–H groups in total. The molecule has 0 aliphatic carbocycles. The van der Waals surface area contributed by atoms with Crippen molar-refractivity contribution in [2.75, 3.05) is 27.4 Å². The molecule has 8 nitrogen and oxygen atoms in total. The Morgan fingerprint density at radius 2 is 1.44 bits per heavy atom. The second-order valence-corrected chi connectivity index (χ2v) is 12.3. The van der Waals surface area contributed by atoms with Crippen LogP contribution in [0, 0.1) is 6.92 Å². The van der Waals surface area contributed by atoms with Crippen LogP contribution in [0.2, 0.25) is 0 Å². The van der Waals surface area contributed by atoms with Crippen molar-refractivity contribution in [2.24, 2.45) is 0 Å². The number of hydrogen-bond acceptors (Lipinski definition) is 6. The summed E-state index contributed by atoms with van der Waals surface area (Å²) in [5.74, 6) is 0. The predicted octanol–water partition coefficient (Wildman–Crippen LogP) is 5.03. The Kier molecular flexibility index (Phi) is 8.97. The molecule has 1 aromatic heterocycles. The third kappa shape index (κ3) is 6.13. The van der Waals surface area contributed by atoms with Gasteiger partial charge >= 0.3 is 5.69 Å². The molecule has 1 unspecified atom stereocenters. The van der Waals surface area contributed by atoms with Crippen LogP contribution >= 0.6 is 8.30 Å². The molecular formula is C32H36N3O5P. The van der Waals surface area contributed by atoms with Crippen molar-refractivity contribution >= 4 is 8.30 Å². The van der Waals surface area contributed by atoms with Crippen molar-refractivity contribution in [1.82, 2.24) is 14.2 Å². The molecule has 0 bridgehead atoms. The van der Waals surface area contributed by atoms with Crippen molar-refractivity contribution in [2.45, 2.75) is 37.4 Å². The predicted molar refractivity (Wildman–Crippen MR) is 161 cm³/mol. The van der Waals surface area contributed by atoms with Gasteiger partial charge in [0.25, 0.3) is 5.56 Å². The highest BCUT2D eigenvalue weighted by Gasteiger charge is 2.43. The Bertz CT molecular complexity index is 1450. The average Bonchev–Trinajstić information content (AvgIpc) is 3.39. The first-order valence-electron chi connectivity index (χ1n) is 13.7. The smallest absolute Gasteiger partial charge is 0.330 e. The lowest BCUT2D eigenvalue weighted by Gasteiger charge is -2.37. The van der Waals surface area contributed by atoms with Gasteiger partial charge in [-0.15, -0.1) is 0 Å². The fraction of sp³-hybridized carbons (Fsp3) is 0.312. The number of H-pyrrole nitrogens is 1. The zero-order chi connectivity index (χ0) is 29.0. The molecule has 9 heteroatoms. The fourth-order valence-corrected chi connectivity index (χ4v) is 6.00. The molecule has 2 heterocycles. The number of nitrogens with zero attached hydrogens (tertiary/aromatic N) is 2. The molecule has 41 heavy (non-hydrogen) atoms. The van der Waals surface area contributed by atoms with Gasteiger partial charge in [-0.05, 0) is 44.4 Å². The molecule has 1 saturated heterocycles. The van der Waals surface area contributed by atoms with Crippen LogP contribution in [0.1, 0.15) is 34.9 Å². The summed E-state index contributed by atoms with van der Waals surface area (Å²) in [4.78, 5) is 27.2. The number of aromatic nitrogens is 2. The van der Waals surface area contributed by atoms with Crippen LogP contribution in [0.25, 0.3) is 0 Å². The van der Waals surface area contributed by atoms with Crippen LogP contribution in [0.15, 0.2) is 107 Å². The van der Waals surface area contributed by atoms with Gasteiger partial charge in [0.15, 0.2) is 0 Å². The molecule has 5 rings (SSSR count). The van der Waals surface area contributed by atoms with E-state index in [0.717, 1.165) is 16.7 Å². The highest BCUT2D eigenvalue weighted by Crippen LogP contribution is 2.44. The SMILES string of the molecule is Cc1cn([C@H]2C[C@H](OP(C)N(C)C)[C@@H](COC(c3ccccc3)(c3ccccc3)c3ccccc3)O2)c(=O)[nH]c1=O. The van der Waals surface area contributed by atoms with E-state index in [2.05, 4.69) is 41.4 Å². The quantitative estimate of drug-likeness (QED) is 0.212. The minimum Gasteiger partial charge on any atom is -0.358 e. The van der Waals surface area contributed by atoms with Crippen LogP contribution in [0.4, 0.5) is 0 Å². The molecule has 1 fully saturated rings. The fourth-order valence-electron chi connectivity index (χ4n) is 5.20. The van der Waals surface area contributed by atoms with Crippen molar-refractivity contribution in [3.63, 3.8) is 0 Å². The first kappa shape index (κ1) is 29.1. The van der Waals surface area contributed by atoms with E-state index in [1.165, 1.54) is 4.57 Å². The van der Waals surface area contributed by atoms with Gasteiger partial charge in [-0.1, -0.05) is 91.0 Å². The summed E-state index contributed by atoms with van der Waals surface area (Å²) in [7, 11) is 3.05. The topological polar surface area (TPSA) is 85.8 Å². The van der Waals surface area contributed by atoms with E-state index >= 15 is 0 Å². The Morgan fingerprint density at radius 3 is 1.93 bits per heavy atom. The molecular weight excluding hydrogens is 537 g/mol. The minimum atomic E-state index is -0.917. The highest BCUT2D eigenvalue weighted by molar-refractivity contribution is 7.49. The molecule has 0 radical (unpaired) electrons. The molecule has 1 aliphatic heterocycles. The second kappa shape index (κ2) is 12.6. The number of nitrogens with one attached hydrogen (secondary N) is 1. The summed E-state index contributed by atoms with van der Waals surface area (Å²) in [6, 6.07) is 30.5. The van der Waals surface area contributed by atoms with Crippen LogP contribution in [-0.2, 0) is 19.6 Å². The molecule has 0 spiro atoms. The lowest BCUT2D eigenvalue weighted by atomic mass is 9.80. The standard InChI is InChI=1S/C32H36N3O5P/c1-23-21-35(31(37)33-30(23)36)29-20-27(40-41(4)34(2)3)28(39-29)22-38-32(24-14-8-5-9-15-24,25-16-10-6-11-17-25)26-18-12-7-13-19-26/h5-19,21,27-29H,20,22H2,1-4H3,(H,33,36,37)/t27-,28+,29+,41?/m0/s1. The van der Waals surface area contributed by atoms with E-state index in [1.807, 2.05) is 80.0 Å². The molecule has 3 aromatic carbocycles. The largest absolute Gasteiger partial charge is 0.358 e. The summed E-state index contributed by atoms with van der Waals surface area (Å²) < 4.78 is 23.5. The first-order chi connectivity index (χ1) is 19.8. The van der Waals surface area contributed by atoms with Gasteiger partial charge in [-0.25, -0.2) is 4.79 Å². The lowest BCUT2D eigenvalue weighted by molar-refractivity contribution is -0.0911. The first-order valence-corrected chi connectivity index (χ1v) is 15.3. The van der Waals surface area contributed by atoms with Gasteiger partial charge in [-0.2, -0.15) is 0 Å². The third-order valence-corrected chi connectivity index (χ3v) is 9.20. The monoisotopic (exact) mass is 573 g/mol. The maximum atomic E-state index is 12.7. The normalized spacial score (nSPS) is 19.9. The zero-order valence-electron chi connectivity index (χ0n) is 23.8. The third-order valence-electron chi connectivity index (χ3n) is 7.49. The van der Waals surface area contributed by atoms with E-state index in [9.17, 15) is 9.59 Å². The molecule has 1 aliphatic rings. The molecule has 0 amide bonds. The highest BCUT2D eigenvalue weighted by atomic mass is 31.2. The van der Waals surface area contributed by atoms with Crippen molar-refractivity contribution in [1.29, 1.82) is 0 Å². The molecule has 0 saturated carbocycles. The number of ether oxygens (including phenoxy) is 2. The molecule has 4 aromatic rings. The van der Waals surface area contributed by atoms with Crippen LogP contribution in [0.3, 0.4) is 0 Å². The summed E-state index contributed by atoms with van der Waals surface area (Å²) in [6.45, 7) is 3.91. The van der Waals surface area contributed by atoms with Gasteiger partial charge in [0.05, 0.1) is 12.7 Å². The maximum absolute atomic E-state index is 12.7. The summed E-state index contributed by atoms with van der Waals surface area (Å²) in [5.41, 5.74) is 1.57. The van der Waals surface area contributed by atoms with Crippen molar-refractivity contribution in [3.8, 4) is 0 Å². The maximum Gasteiger partial charge on any atom is 0.330 e. The Balaban J connectivity index is 1.54. The van der Waals surface area contributed by atoms with E-state index in [1.54, 1.807) is 13.1 Å². The van der Waals surface area contributed by atoms with Gasteiger partial charge in [0.2, 0.25) is 0 Å². The van der Waals surface area contributed by atoms with Crippen molar-refractivity contribution < 1.29 is 14.0 Å². The Hall–Kier alpha value is -3.39. The Labute approximate surface area is 241 Å². The number of aromatic amines is 1. The lowest BCUT2D eigenvalue weighted by Crippen LogP contribution is -2.38. The number of hydrogen-bond donors (Lipinski definition) is 1. The number of benzene rings is 3. The number of aryl methyl sites for hydroxylation is 1. The second-order valence-electron chi connectivity index (χ2n) is 10.4. The molecule has 214 valence electrons. The van der Waals surface area contributed by atoms with Gasteiger partial charge in [-0.3, -0.25) is 19.0 Å². The zero-order valence-corrected chi connectivity index (χ0v) is 24.7. The Morgan fingerprint density at radius 1 is 0.927 bits per heavy atom. The van der Waals surface area contributed by atoms with Crippen LogP contribution < -0.4 is 11.2 Å². The summed E-state index contributed by atoms with van der Waals surface area (Å²) in [6.07, 6.45) is 0.572. The van der Waals surface area contributed by atoms with Crippen LogP contribution in [-0.4, -0.2) is 53.8 Å². The summed E-state index contributed by atoms with van der Waals surface area (Å²) in [5, 5.41) is 0. The minimum absolute atomic E-state index is 0.202. The number of rotatable bonds is 10. The van der Waals surface area contributed by atoms with Gasteiger partial charge in [0.1, 0.15) is 26.2 Å². The van der Waals surface area contributed by atoms with E-state index in [4.69, 9.17) is 14.0 Å².